The second kappa shape index (κ2) is 6.89. The Morgan fingerprint density at radius 1 is 1.16 bits per heavy atom. The van der Waals surface area contributed by atoms with Crippen LogP contribution < -0.4 is 10.5 Å². The van der Waals surface area contributed by atoms with Gasteiger partial charge >= 0.3 is 0 Å². The van der Waals surface area contributed by atoms with Crippen LogP contribution in [0.3, 0.4) is 0 Å². The van der Waals surface area contributed by atoms with Gasteiger partial charge in [-0.3, -0.25) is 0 Å². The minimum Gasteiger partial charge on any atom is -0.497 e. The predicted molar refractivity (Wildman–Crippen MR) is 72.9 cm³/mol. The second-order valence-electron chi connectivity index (χ2n) is 4.34. The van der Waals surface area contributed by atoms with Crippen molar-refractivity contribution in [1.29, 1.82) is 0 Å². The summed E-state index contributed by atoms with van der Waals surface area (Å²) in [5.74, 6) is 2.12. The number of nitrogens with zero attached hydrogens (tertiary/aromatic N) is 2. The highest BCUT2D eigenvalue weighted by Crippen LogP contribution is 2.20. The molecular weight excluding hydrogens is 242 g/mol. The van der Waals surface area contributed by atoms with E-state index < -0.39 is 0 Å². The minimum atomic E-state index is 0.622. The molecule has 0 aliphatic rings. The molecule has 5 heteroatoms. The molecule has 0 spiro atoms. The number of rotatable bonds is 7. The van der Waals surface area contributed by atoms with Gasteiger partial charge in [0, 0.05) is 12.0 Å². The van der Waals surface area contributed by atoms with Gasteiger partial charge in [0.2, 0.25) is 11.7 Å². The lowest BCUT2D eigenvalue weighted by Gasteiger charge is -1.98. The topological polar surface area (TPSA) is 74.2 Å². The quantitative estimate of drug-likeness (QED) is 0.775. The molecule has 102 valence electrons. The van der Waals surface area contributed by atoms with Gasteiger partial charge in [-0.25, -0.2) is 0 Å². The maximum atomic E-state index is 5.45. The number of unbranched alkanes of at least 4 members (excludes halogenated alkanes) is 2. The Balaban J connectivity index is 1.95. The fourth-order valence-corrected chi connectivity index (χ4v) is 1.81. The molecule has 1 aromatic heterocycles. The molecule has 2 aromatic rings. The molecule has 2 N–H and O–H groups in total. The monoisotopic (exact) mass is 261 g/mol. The predicted octanol–water partition coefficient (Wildman–Crippen LogP) is 2.42. The van der Waals surface area contributed by atoms with Crippen molar-refractivity contribution in [1.82, 2.24) is 10.1 Å². The van der Waals surface area contributed by atoms with E-state index >= 15 is 0 Å². The Labute approximate surface area is 112 Å². The van der Waals surface area contributed by atoms with Crippen LogP contribution in [0.2, 0.25) is 0 Å². The Bertz CT molecular complexity index is 494. The van der Waals surface area contributed by atoms with Crippen molar-refractivity contribution in [2.24, 2.45) is 5.73 Å². The van der Waals surface area contributed by atoms with Crippen molar-refractivity contribution >= 4 is 0 Å². The fraction of sp³-hybridized carbons (Fsp3) is 0.429. The number of nitrogens with two attached hydrogens (primary N) is 1. The first-order valence-electron chi connectivity index (χ1n) is 6.50. The summed E-state index contributed by atoms with van der Waals surface area (Å²) in [5.41, 5.74) is 6.38. The van der Waals surface area contributed by atoms with E-state index in [0.717, 1.165) is 43.5 Å². The first-order valence-corrected chi connectivity index (χ1v) is 6.50. The molecule has 0 atom stereocenters. The molecule has 0 bridgehead atoms. The third-order valence-electron chi connectivity index (χ3n) is 2.91. The molecule has 0 amide bonds. The fourth-order valence-electron chi connectivity index (χ4n) is 1.81. The van der Waals surface area contributed by atoms with Crippen LogP contribution in [-0.4, -0.2) is 23.8 Å². The third kappa shape index (κ3) is 3.79. The molecule has 19 heavy (non-hydrogen) atoms. The Kier molecular flexibility index (Phi) is 4.92. The van der Waals surface area contributed by atoms with Gasteiger partial charge in [-0.15, -0.1) is 0 Å². The number of aromatic nitrogens is 2. The third-order valence-corrected chi connectivity index (χ3v) is 2.91. The van der Waals surface area contributed by atoms with E-state index in [1.54, 1.807) is 7.11 Å². The summed E-state index contributed by atoms with van der Waals surface area (Å²) >= 11 is 0. The highest BCUT2D eigenvalue weighted by molar-refractivity contribution is 5.55. The van der Waals surface area contributed by atoms with Gasteiger partial charge in [-0.2, -0.15) is 4.98 Å². The number of methoxy groups -OCH3 is 1. The van der Waals surface area contributed by atoms with E-state index in [4.69, 9.17) is 15.0 Å². The van der Waals surface area contributed by atoms with Gasteiger partial charge in [0.1, 0.15) is 5.75 Å². The van der Waals surface area contributed by atoms with E-state index in [0.29, 0.717) is 11.7 Å². The van der Waals surface area contributed by atoms with Crippen LogP contribution in [0, 0.1) is 0 Å². The minimum absolute atomic E-state index is 0.622. The van der Waals surface area contributed by atoms with Crippen LogP contribution in [0.25, 0.3) is 11.4 Å². The highest BCUT2D eigenvalue weighted by atomic mass is 16.5. The summed E-state index contributed by atoms with van der Waals surface area (Å²) < 4.78 is 10.3. The maximum absolute atomic E-state index is 5.45. The molecule has 1 heterocycles. The molecule has 0 fully saturated rings. The zero-order chi connectivity index (χ0) is 13.5. The van der Waals surface area contributed by atoms with E-state index in [1.165, 1.54) is 0 Å². The lowest BCUT2D eigenvalue weighted by Crippen LogP contribution is -1.98. The Morgan fingerprint density at radius 2 is 1.95 bits per heavy atom. The van der Waals surface area contributed by atoms with Crippen LogP contribution in [0.5, 0.6) is 5.75 Å². The smallest absolute Gasteiger partial charge is 0.226 e. The lowest BCUT2D eigenvalue weighted by molar-refractivity contribution is 0.374. The normalized spacial score (nSPS) is 10.6. The molecule has 0 aliphatic carbocycles. The van der Waals surface area contributed by atoms with Gasteiger partial charge in [-0.05, 0) is 43.7 Å². The van der Waals surface area contributed by atoms with Crippen molar-refractivity contribution in [2.45, 2.75) is 25.7 Å². The van der Waals surface area contributed by atoms with Crippen molar-refractivity contribution in [2.75, 3.05) is 13.7 Å². The molecule has 0 aliphatic heterocycles. The number of hydrogen-bond acceptors (Lipinski definition) is 5. The van der Waals surface area contributed by atoms with Gasteiger partial charge in [0.05, 0.1) is 7.11 Å². The number of hydrogen-bond donors (Lipinski definition) is 1. The summed E-state index contributed by atoms with van der Waals surface area (Å²) in [6.07, 6.45) is 3.97. The number of aryl methyl sites for hydroxylation is 1. The standard InChI is InChI=1S/C14H19N3O2/c1-18-12-8-6-11(7-9-12)14-16-13(19-17-14)5-3-2-4-10-15/h6-9H,2-5,10,15H2,1H3. The SMILES string of the molecule is COc1ccc(-c2noc(CCCCCN)n2)cc1. The van der Waals surface area contributed by atoms with Crippen LogP contribution in [-0.2, 0) is 6.42 Å². The van der Waals surface area contributed by atoms with Gasteiger partial charge in [0.25, 0.3) is 0 Å². The lowest BCUT2D eigenvalue weighted by atomic mass is 10.2. The first kappa shape index (κ1) is 13.5. The summed E-state index contributed by atoms with van der Waals surface area (Å²) in [7, 11) is 1.64. The van der Waals surface area contributed by atoms with E-state index in [2.05, 4.69) is 10.1 Å². The molecule has 5 nitrogen and oxygen atoms in total. The van der Waals surface area contributed by atoms with Crippen LogP contribution >= 0.6 is 0 Å². The molecule has 0 radical (unpaired) electrons. The average molecular weight is 261 g/mol. The Hall–Kier alpha value is -1.88. The summed E-state index contributed by atoms with van der Waals surface area (Å²) in [4.78, 5) is 4.38. The van der Waals surface area contributed by atoms with Gasteiger partial charge in [-0.1, -0.05) is 11.6 Å². The molecule has 0 saturated carbocycles. The number of benzene rings is 1. The first-order chi connectivity index (χ1) is 9.33. The molecule has 0 unspecified atom stereocenters. The van der Waals surface area contributed by atoms with Gasteiger partial charge in [0.15, 0.2) is 0 Å². The second-order valence-corrected chi connectivity index (χ2v) is 4.34. The van der Waals surface area contributed by atoms with Crippen LogP contribution in [0.4, 0.5) is 0 Å². The summed E-state index contributed by atoms with van der Waals surface area (Å²) in [5, 5.41) is 3.99. The number of ether oxygens (including phenoxy) is 1. The average Bonchev–Trinajstić information content (AvgIpc) is 2.92. The maximum Gasteiger partial charge on any atom is 0.226 e. The van der Waals surface area contributed by atoms with Crippen molar-refractivity contribution < 1.29 is 9.26 Å². The highest BCUT2D eigenvalue weighted by Gasteiger charge is 2.08. The molecule has 0 saturated heterocycles. The van der Waals surface area contributed by atoms with E-state index in [1.807, 2.05) is 24.3 Å². The van der Waals surface area contributed by atoms with Crippen molar-refractivity contribution in [3.63, 3.8) is 0 Å². The van der Waals surface area contributed by atoms with E-state index in [-0.39, 0.29) is 0 Å². The largest absolute Gasteiger partial charge is 0.497 e. The molecule has 1 aromatic carbocycles. The van der Waals surface area contributed by atoms with Crippen molar-refractivity contribution in [3.05, 3.63) is 30.2 Å². The van der Waals surface area contributed by atoms with Gasteiger partial charge < -0.3 is 15.0 Å². The zero-order valence-corrected chi connectivity index (χ0v) is 11.1. The summed E-state index contributed by atoms with van der Waals surface area (Å²) in [6.45, 7) is 0.737. The van der Waals surface area contributed by atoms with E-state index in [9.17, 15) is 0 Å². The van der Waals surface area contributed by atoms with Crippen LogP contribution in [0.15, 0.2) is 28.8 Å². The van der Waals surface area contributed by atoms with Crippen LogP contribution in [0.1, 0.15) is 25.2 Å². The summed E-state index contributed by atoms with van der Waals surface area (Å²) in [6, 6.07) is 7.60. The van der Waals surface area contributed by atoms with Crippen molar-refractivity contribution in [3.8, 4) is 17.1 Å². The zero-order valence-electron chi connectivity index (χ0n) is 11.1. The Morgan fingerprint density at radius 3 is 2.63 bits per heavy atom. The molecule has 2 rings (SSSR count). The molecular formula is C14H19N3O2.